The number of nitrogens with zero attached hydrogens (tertiary/aromatic N) is 1. The van der Waals surface area contributed by atoms with E-state index in [1.807, 2.05) is 42.6 Å². The second kappa shape index (κ2) is 11.0. The molecule has 0 saturated carbocycles. The van der Waals surface area contributed by atoms with E-state index in [0.717, 1.165) is 69.8 Å². The van der Waals surface area contributed by atoms with Crippen LogP contribution in [0.4, 0.5) is 4.79 Å². The van der Waals surface area contributed by atoms with Crippen molar-refractivity contribution in [3.63, 3.8) is 0 Å². The predicted molar refractivity (Wildman–Crippen MR) is 154 cm³/mol. The van der Waals surface area contributed by atoms with Gasteiger partial charge in [-0.2, -0.15) is 0 Å². The highest BCUT2D eigenvalue weighted by Gasteiger charge is 2.22. The van der Waals surface area contributed by atoms with Crippen LogP contribution in [0.25, 0.3) is 32.8 Å². The first-order valence-corrected chi connectivity index (χ1v) is 13.5. The van der Waals surface area contributed by atoms with Gasteiger partial charge in [0.1, 0.15) is 5.75 Å². The zero-order valence-corrected chi connectivity index (χ0v) is 21.7. The first kappa shape index (κ1) is 24.7. The highest BCUT2D eigenvalue weighted by atomic mass is 16.7. The van der Waals surface area contributed by atoms with Crippen molar-refractivity contribution in [2.24, 2.45) is 0 Å². The molecule has 0 atom stereocenters. The van der Waals surface area contributed by atoms with E-state index in [2.05, 4.69) is 46.4 Å². The number of fused-ring (bicyclic) bond motifs is 2. The molecule has 6 heteroatoms. The molecule has 39 heavy (non-hydrogen) atoms. The first-order chi connectivity index (χ1) is 19.2. The molecule has 1 aliphatic rings. The average Bonchev–Trinajstić information content (AvgIpc) is 3.32. The number of ether oxygens (including phenoxy) is 2. The minimum atomic E-state index is -1.33. The summed E-state index contributed by atoms with van der Waals surface area (Å²) in [6.45, 7) is 0.503. The number of H-pyrrole nitrogens is 1. The maximum absolute atomic E-state index is 11.6. The molecule has 3 aromatic carbocycles. The number of para-hydroxylation sites is 1. The fourth-order valence-corrected chi connectivity index (χ4v) is 5.74. The lowest BCUT2D eigenvalue weighted by Crippen LogP contribution is -2.06. The lowest BCUT2D eigenvalue weighted by Gasteiger charge is -2.21. The number of aryl methyl sites for hydroxylation is 1. The van der Waals surface area contributed by atoms with E-state index < -0.39 is 6.16 Å². The van der Waals surface area contributed by atoms with Crippen LogP contribution in [0.2, 0.25) is 0 Å². The van der Waals surface area contributed by atoms with Crippen LogP contribution in [-0.4, -0.2) is 27.8 Å². The second-order valence-electron chi connectivity index (χ2n) is 9.86. The standard InChI is InChI=1S/C33H30N2O4/c36-33(37)39-32-29(17-8-20-38-30-18-5-10-22-9-1-2-13-25(22)30)28-16-6-15-27(31(28)35-32)26-14-4-3-12-24(26)23-11-7-19-34-21-23/h1-2,5-7,9-11,13,15-16,18-19,21,35H,3-4,8,12,14,17,20H2,(H,36,37). The number of hydrogen-bond acceptors (Lipinski definition) is 4. The van der Waals surface area contributed by atoms with Gasteiger partial charge in [0.25, 0.3) is 0 Å². The van der Waals surface area contributed by atoms with Crippen molar-refractivity contribution in [1.82, 2.24) is 9.97 Å². The normalized spacial score (nSPS) is 13.6. The van der Waals surface area contributed by atoms with Gasteiger partial charge < -0.3 is 19.6 Å². The van der Waals surface area contributed by atoms with Crippen molar-refractivity contribution in [1.29, 1.82) is 0 Å². The molecule has 0 fully saturated rings. The number of hydrogen-bond donors (Lipinski definition) is 2. The minimum Gasteiger partial charge on any atom is -0.493 e. The Kier molecular flexibility index (Phi) is 7.00. The summed E-state index contributed by atoms with van der Waals surface area (Å²) >= 11 is 0. The molecule has 0 spiro atoms. The highest BCUT2D eigenvalue weighted by molar-refractivity contribution is 6.02. The zero-order valence-electron chi connectivity index (χ0n) is 21.7. The van der Waals surface area contributed by atoms with Crippen LogP contribution in [0.1, 0.15) is 48.8 Å². The van der Waals surface area contributed by atoms with E-state index in [9.17, 15) is 9.90 Å². The van der Waals surface area contributed by atoms with E-state index in [-0.39, 0.29) is 5.88 Å². The van der Waals surface area contributed by atoms with Gasteiger partial charge in [0.05, 0.1) is 12.1 Å². The summed E-state index contributed by atoms with van der Waals surface area (Å²) in [6, 6.07) is 24.5. The van der Waals surface area contributed by atoms with Gasteiger partial charge in [-0.3, -0.25) is 4.98 Å². The third kappa shape index (κ3) is 5.10. The van der Waals surface area contributed by atoms with E-state index in [1.54, 1.807) is 6.20 Å². The van der Waals surface area contributed by atoms with Gasteiger partial charge in [-0.05, 0) is 72.8 Å². The number of nitrogens with one attached hydrogen (secondary N) is 1. The Morgan fingerprint density at radius 2 is 1.69 bits per heavy atom. The number of pyridine rings is 1. The molecule has 6 nitrogen and oxygen atoms in total. The largest absolute Gasteiger partial charge is 0.512 e. The number of aromatic amines is 1. The summed E-state index contributed by atoms with van der Waals surface area (Å²) < 4.78 is 11.4. The Hall–Kier alpha value is -4.58. The summed E-state index contributed by atoms with van der Waals surface area (Å²) in [7, 11) is 0. The van der Waals surface area contributed by atoms with Gasteiger partial charge >= 0.3 is 6.16 Å². The molecule has 6 rings (SSSR count). The Morgan fingerprint density at radius 3 is 2.54 bits per heavy atom. The summed E-state index contributed by atoms with van der Waals surface area (Å²) in [4.78, 5) is 19.2. The third-order valence-electron chi connectivity index (χ3n) is 7.47. The minimum absolute atomic E-state index is 0.287. The molecule has 0 aliphatic heterocycles. The van der Waals surface area contributed by atoms with Gasteiger partial charge in [0.15, 0.2) is 0 Å². The Balaban J connectivity index is 1.31. The SMILES string of the molecule is O=C(O)Oc1[nH]c2c(C3=C(c4cccnc4)CCCC3)cccc2c1CCCOc1cccc2ccccc12. The van der Waals surface area contributed by atoms with Crippen molar-refractivity contribution in [3.8, 4) is 11.6 Å². The number of allylic oxidation sites excluding steroid dienone is 2. The van der Waals surface area contributed by atoms with Crippen LogP contribution in [-0.2, 0) is 6.42 Å². The smallest absolute Gasteiger partial charge is 0.493 e. The maximum atomic E-state index is 11.6. The molecule has 0 amide bonds. The molecule has 0 saturated heterocycles. The fraction of sp³-hybridized carbons (Fsp3) is 0.212. The van der Waals surface area contributed by atoms with Crippen LogP contribution < -0.4 is 9.47 Å². The van der Waals surface area contributed by atoms with Crippen LogP contribution in [0, 0.1) is 0 Å². The average molecular weight is 519 g/mol. The van der Waals surface area contributed by atoms with Gasteiger partial charge in [-0.1, -0.05) is 60.7 Å². The molecular formula is C33H30N2O4. The number of benzene rings is 3. The summed E-state index contributed by atoms with van der Waals surface area (Å²) in [6.07, 6.45) is 7.94. The molecule has 0 bridgehead atoms. The van der Waals surface area contributed by atoms with Crippen molar-refractivity contribution in [2.45, 2.75) is 38.5 Å². The Bertz CT molecular complexity index is 1660. The molecule has 196 valence electrons. The molecule has 2 aromatic heterocycles. The maximum Gasteiger partial charge on any atom is 0.512 e. The Labute approximate surface area is 226 Å². The molecule has 2 N–H and O–H groups in total. The number of rotatable bonds is 8. The molecule has 5 aromatic rings. The summed E-state index contributed by atoms with van der Waals surface area (Å²) in [5, 5.41) is 12.7. The van der Waals surface area contributed by atoms with Crippen LogP contribution in [0.15, 0.2) is 85.2 Å². The lowest BCUT2D eigenvalue weighted by atomic mass is 9.84. The van der Waals surface area contributed by atoms with E-state index >= 15 is 0 Å². The van der Waals surface area contributed by atoms with Crippen LogP contribution in [0.5, 0.6) is 11.6 Å². The molecule has 0 unspecified atom stereocenters. The topological polar surface area (TPSA) is 84.4 Å². The highest BCUT2D eigenvalue weighted by Crippen LogP contribution is 2.42. The van der Waals surface area contributed by atoms with Gasteiger partial charge in [0.2, 0.25) is 5.88 Å². The quantitative estimate of drug-likeness (QED) is 0.159. The van der Waals surface area contributed by atoms with E-state index in [0.29, 0.717) is 19.4 Å². The van der Waals surface area contributed by atoms with Crippen molar-refractivity contribution in [2.75, 3.05) is 6.61 Å². The van der Waals surface area contributed by atoms with Gasteiger partial charge in [-0.15, -0.1) is 0 Å². The van der Waals surface area contributed by atoms with Crippen LogP contribution in [0.3, 0.4) is 0 Å². The van der Waals surface area contributed by atoms with Crippen molar-refractivity contribution in [3.05, 3.63) is 102 Å². The Morgan fingerprint density at radius 1 is 0.897 bits per heavy atom. The number of carboxylic acid groups (broad SMARTS) is 1. The van der Waals surface area contributed by atoms with Crippen molar-refractivity contribution < 1.29 is 19.4 Å². The predicted octanol–water partition coefficient (Wildman–Crippen LogP) is 8.27. The second-order valence-corrected chi connectivity index (χ2v) is 9.86. The molecular weight excluding hydrogens is 488 g/mol. The zero-order chi connectivity index (χ0) is 26.6. The van der Waals surface area contributed by atoms with E-state index in [1.165, 1.54) is 11.1 Å². The lowest BCUT2D eigenvalue weighted by molar-refractivity contribution is 0.142. The third-order valence-corrected chi connectivity index (χ3v) is 7.47. The molecule has 0 radical (unpaired) electrons. The van der Waals surface area contributed by atoms with E-state index in [4.69, 9.17) is 9.47 Å². The fourth-order valence-electron chi connectivity index (χ4n) is 5.74. The summed E-state index contributed by atoms with van der Waals surface area (Å²) in [5.74, 6) is 1.14. The van der Waals surface area contributed by atoms with Gasteiger partial charge in [0, 0.05) is 34.3 Å². The number of aromatic nitrogens is 2. The van der Waals surface area contributed by atoms with Crippen molar-refractivity contribution >= 4 is 39.0 Å². The van der Waals surface area contributed by atoms with Gasteiger partial charge in [-0.25, -0.2) is 4.79 Å². The summed E-state index contributed by atoms with van der Waals surface area (Å²) in [5.41, 5.74) is 6.60. The van der Waals surface area contributed by atoms with Crippen LogP contribution >= 0.6 is 0 Å². The first-order valence-electron chi connectivity index (χ1n) is 13.5. The molecule has 1 aliphatic carbocycles. The monoisotopic (exact) mass is 518 g/mol. The number of carbonyl (C=O) groups is 1. The molecule has 2 heterocycles.